The number of rotatable bonds is 4. The maximum Gasteiger partial charge on any atom is 0.198 e. The molecule has 39 heavy (non-hydrogen) atoms. The van der Waals surface area contributed by atoms with Gasteiger partial charge in [0.2, 0.25) is 0 Å². The molecule has 0 radical (unpaired) electrons. The smallest absolute Gasteiger partial charge is 0.198 e. The number of hydrogen-bond donors (Lipinski definition) is 0. The van der Waals surface area contributed by atoms with Crippen LogP contribution < -0.4 is 9.47 Å². The van der Waals surface area contributed by atoms with Crippen molar-refractivity contribution in [2.24, 2.45) is 0 Å². The van der Waals surface area contributed by atoms with Gasteiger partial charge in [-0.2, -0.15) is 0 Å². The number of ketones is 1. The Bertz CT molecular complexity index is 1710. The van der Waals surface area contributed by atoms with E-state index in [1.807, 2.05) is 42.5 Å². The number of nitrogens with zero attached hydrogens (tertiary/aromatic N) is 1. The van der Waals surface area contributed by atoms with Gasteiger partial charge in [0.05, 0.1) is 10.9 Å². The average molecular weight is 518 g/mol. The molecule has 0 amide bonds. The van der Waals surface area contributed by atoms with Crippen molar-refractivity contribution in [1.29, 1.82) is 0 Å². The zero-order valence-electron chi connectivity index (χ0n) is 23.1. The molecular weight excluding hydrogens is 486 g/mol. The van der Waals surface area contributed by atoms with E-state index in [0.29, 0.717) is 56.4 Å². The summed E-state index contributed by atoms with van der Waals surface area (Å²) < 4.78 is 18.6. The normalized spacial score (nSPS) is 12.9. The maximum atomic E-state index is 13.8. The second-order valence-electron chi connectivity index (χ2n) is 12.1. The van der Waals surface area contributed by atoms with Gasteiger partial charge in [0.25, 0.3) is 0 Å². The molecule has 0 atom stereocenters. The van der Waals surface area contributed by atoms with Gasteiger partial charge in [0.15, 0.2) is 22.8 Å². The summed E-state index contributed by atoms with van der Waals surface area (Å²) >= 11 is 0. The lowest BCUT2D eigenvalue weighted by Gasteiger charge is -2.21. The van der Waals surface area contributed by atoms with Crippen molar-refractivity contribution in [2.45, 2.75) is 52.4 Å². The van der Waals surface area contributed by atoms with E-state index in [2.05, 4.69) is 71.0 Å². The Morgan fingerprint density at radius 1 is 0.667 bits per heavy atom. The van der Waals surface area contributed by atoms with Gasteiger partial charge < -0.3 is 14.0 Å². The SMILES string of the molecule is CC(C)(C)c1ccc(Oc2cc(Oc3ccc(C(C)(C)C)cc3)c3noc4c3c2C(=O)c2ccccc2-4)cc1. The Morgan fingerprint density at radius 2 is 1.18 bits per heavy atom. The second kappa shape index (κ2) is 8.84. The number of hydrogen-bond acceptors (Lipinski definition) is 5. The van der Waals surface area contributed by atoms with Crippen LogP contribution in [0.1, 0.15) is 68.6 Å². The van der Waals surface area contributed by atoms with Crippen LogP contribution in [0.2, 0.25) is 0 Å². The fourth-order valence-corrected chi connectivity index (χ4v) is 4.95. The first kappa shape index (κ1) is 24.9. The van der Waals surface area contributed by atoms with Crippen molar-refractivity contribution in [1.82, 2.24) is 5.16 Å². The second-order valence-corrected chi connectivity index (χ2v) is 12.1. The van der Waals surface area contributed by atoms with Crippen molar-refractivity contribution in [2.75, 3.05) is 0 Å². The summed E-state index contributed by atoms with van der Waals surface area (Å²) in [6, 6.07) is 25.1. The summed E-state index contributed by atoms with van der Waals surface area (Å²) in [5.41, 5.74) is 4.63. The van der Waals surface area contributed by atoms with E-state index in [4.69, 9.17) is 14.0 Å². The molecule has 6 rings (SSSR count). The molecule has 5 nitrogen and oxygen atoms in total. The lowest BCUT2D eigenvalue weighted by atomic mass is 9.87. The highest BCUT2D eigenvalue weighted by Crippen LogP contribution is 2.48. The molecule has 5 heteroatoms. The zero-order valence-corrected chi connectivity index (χ0v) is 23.1. The molecule has 4 aromatic carbocycles. The van der Waals surface area contributed by atoms with Crippen LogP contribution in [0.25, 0.3) is 22.2 Å². The minimum absolute atomic E-state index is 0.0179. The molecule has 0 unspecified atom stereocenters. The van der Waals surface area contributed by atoms with Gasteiger partial charge in [-0.1, -0.05) is 95.2 Å². The predicted molar refractivity (Wildman–Crippen MR) is 153 cm³/mol. The first-order valence-corrected chi connectivity index (χ1v) is 13.2. The van der Waals surface area contributed by atoms with Gasteiger partial charge in [-0.15, -0.1) is 0 Å². The number of carbonyl (C=O) groups excluding carboxylic acids is 1. The molecule has 196 valence electrons. The zero-order chi connectivity index (χ0) is 27.5. The molecule has 0 N–H and O–H groups in total. The Morgan fingerprint density at radius 3 is 1.72 bits per heavy atom. The fraction of sp³-hybridized carbons (Fsp3) is 0.235. The highest BCUT2D eigenvalue weighted by molar-refractivity contribution is 6.26. The van der Waals surface area contributed by atoms with Crippen molar-refractivity contribution < 1.29 is 18.8 Å². The third-order valence-corrected chi connectivity index (χ3v) is 7.22. The Hall–Kier alpha value is -4.38. The van der Waals surface area contributed by atoms with Gasteiger partial charge in [-0.3, -0.25) is 4.79 Å². The van der Waals surface area contributed by atoms with Crippen LogP contribution in [0.15, 0.2) is 83.4 Å². The van der Waals surface area contributed by atoms with Crippen molar-refractivity contribution >= 4 is 16.7 Å². The Balaban J connectivity index is 1.49. The molecule has 1 heterocycles. The third kappa shape index (κ3) is 4.38. The number of fused-ring (bicyclic) bond motifs is 2. The van der Waals surface area contributed by atoms with E-state index in [1.165, 1.54) is 11.1 Å². The number of carbonyl (C=O) groups is 1. The van der Waals surface area contributed by atoms with Crippen LogP contribution >= 0.6 is 0 Å². The van der Waals surface area contributed by atoms with Crippen LogP contribution in [-0.2, 0) is 10.8 Å². The standard InChI is InChI=1S/C34H31NO4/c1-33(2,3)20-11-15-22(16-12-20)37-26-19-27(38-23-17-13-21(14-18-23)34(4,5)6)30-29-28(26)31(36)24-9-7-8-10-25(24)32(29)39-35-30/h7-19H,1-6H3. The molecule has 0 spiro atoms. The van der Waals surface area contributed by atoms with Crippen LogP contribution in [0.3, 0.4) is 0 Å². The van der Waals surface area contributed by atoms with Crippen LogP contribution in [-0.4, -0.2) is 10.9 Å². The summed E-state index contributed by atoms with van der Waals surface area (Å²) in [6.07, 6.45) is 0. The molecule has 1 aromatic heterocycles. The van der Waals surface area contributed by atoms with E-state index < -0.39 is 0 Å². The van der Waals surface area contributed by atoms with Crippen LogP contribution in [0.5, 0.6) is 23.0 Å². The molecule has 0 aliphatic heterocycles. The van der Waals surface area contributed by atoms with Crippen molar-refractivity contribution in [3.63, 3.8) is 0 Å². The Kier molecular flexibility index (Phi) is 5.65. The predicted octanol–water partition coefficient (Wildman–Crippen LogP) is 9.22. The highest BCUT2D eigenvalue weighted by Gasteiger charge is 2.34. The third-order valence-electron chi connectivity index (χ3n) is 7.22. The minimum Gasteiger partial charge on any atom is -0.456 e. The molecule has 0 fully saturated rings. The largest absolute Gasteiger partial charge is 0.456 e. The lowest BCUT2D eigenvalue weighted by Crippen LogP contribution is -2.11. The van der Waals surface area contributed by atoms with Gasteiger partial charge in [0.1, 0.15) is 17.2 Å². The summed E-state index contributed by atoms with van der Waals surface area (Å²) in [5, 5.41) is 4.96. The molecular formula is C34H31NO4. The molecule has 1 aliphatic rings. The quantitative estimate of drug-likeness (QED) is 0.233. The van der Waals surface area contributed by atoms with Gasteiger partial charge >= 0.3 is 0 Å². The van der Waals surface area contributed by atoms with E-state index in [-0.39, 0.29) is 16.6 Å². The maximum absolute atomic E-state index is 13.8. The van der Waals surface area contributed by atoms with Gasteiger partial charge in [-0.25, -0.2) is 0 Å². The van der Waals surface area contributed by atoms with E-state index in [9.17, 15) is 4.79 Å². The molecule has 5 aromatic rings. The number of aromatic nitrogens is 1. The summed E-state index contributed by atoms with van der Waals surface area (Å²) in [6.45, 7) is 13.0. The van der Waals surface area contributed by atoms with Crippen molar-refractivity contribution in [3.8, 4) is 34.3 Å². The van der Waals surface area contributed by atoms with E-state index >= 15 is 0 Å². The summed E-state index contributed by atoms with van der Waals surface area (Å²) in [4.78, 5) is 13.8. The fourth-order valence-electron chi connectivity index (χ4n) is 4.95. The summed E-state index contributed by atoms with van der Waals surface area (Å²) in [5.74, 6) is 2.55. The lowest BCUT2D eigenvalue weighted by molar-refractivity contribution is 0.103. The molecule has 0 saturated heterocycles. The minimum atomic E-state index is -0.131. The number of benzene rings is 4. The van der Waals surface area contributed by atoms with E-state index in [1.54, 1.807) is 12.1 Å². The highest BCUT2D eigenvalue weighted by atomic mass is 16.5. The Labute approximate surface area is 228 Å². The molecule has 1 aliphatic carbocycles. The first-order chi connectivity index (χ1) is 18.5. The van der Waals surface area contributed by atoms with Crippen molar-refractivity contribution in [3.05, 3.63) is 101 Å². The van der Waals surface area contributed by atoms with Crippen LogP contribution in [0.4, 0.5) is 0 Å². The topological polar surface area (TPSA) is 61.6 Å². The van der Waals surface area contributed by atoms with Gasteiger partial charge in [0, 0.05) is 17.2 Å². The monoisotopic (exact) mass is 517 g/mol. The van der Waals surface area contributed by atoms with Crippen LogP contribution in [0, 0.1) is 0 Å². The number of ether oxygens (including phenoxy) is 2. The first-order valence-electron chi connectivity index (χ1n) is 13.2. The summed E-state index contributed by atoms with van der Waals surface area (Å²) in [7, 11) is 0. The van der Waals surface area contributed by atoms with E-state index in [0.717, 1.165) is 0 Å². The van der Waals surface area contributed by atoms with Gasteiger partial charge in [-0.05, 0) is 46.2 Å². The average Bonchev–Trinajstić information content (AvgIpc) is 3.33. The molecule has 0 saturated carbocycles. The molecule has 0 bridgehead atoms.